The highest BCUT2D eigenvalue weighted by Gasteiger charge is 2.18. The number of hydrogen-bond donors (Lipinski definition) is 1. The number of ether oxygens (including phenoxy) is 1. The molecule has 0 bridgehead atoms. The number of nitrogens with zero attached hydrogens (tertiary/aromatic N) is 2. The number of aryl methyl sites for hydroxylation is 2. The van der Waals surface area contributed by atoms with Crippen molar-refractivity contribution < 1.29 is 18.3 Å². The van der Waals surface area contributed by atoms with Gasteiger partial charge in [-0.3, -0.25) is 19.6 Å². The molecule has 0 saturated heterocycles. The van der Waals surface area contributed by atoms with E-state index in [1.807, 2.05) is 13.0 Å². The molecule has 0 aliphatic heterocycles. The van der Waals surface area contributed by atoms with Crippen LogP contribution in [-0.2, 0) is 12.8 Å². The van der Waals surface area contributed by atoms with Gasteiger partial charge in [0, 0.05) is 42.3 Å². The van der Waals surface area contributed by atoms with Crippen molar-refractivity contribution in [2.45, 2.75) is 26.7 Å². The summed E-state index contributed by atoms with van der Waals surface area (Å²) in [5.74, 6) is -1.22. The summed E-state index contributed by atoms with van der Waals surface area (Å²) in [6, 6.07) is 13.2. The van der Waals surface area contributed by atoms with Gasteiger partial charge in [-0.15, -0.1) is 0 Å². The number of pyridine rings is 3. The van der Waals surface area contributed by atoms with Crippen molar-refractivity contribution >= 4 is 16.8 Å². The van der Waals surface area contributed by atoms with Crippen LogP contribution < -0.4 is 10.2 Å². The van der Waals surface area contributed by atoms with Gasteiger partial charge in [0.25, 0.3) is 0 Å². The monoisotopic (exact) mass is 511 g/mol. The Bertz CT molecular complexity index is 1730. The first-order valence-electron chi connectivity index (χ1n) is 12.1. The van der Waals surface area contributed by atoms with Crippen LogP contribution in [0.15, 0.2) is 78.0 Å². The second-order valence-corrected chi connectivity index (χ2v) is 8.88. The standard InChI is InChI=1S/C30H23F2N3O3/c1-3-18-13-24-29(35-15-18)27(10-11-33-24)38-26-9-4-19(12-23(26)32)14-25(36)22-16-34-17(2)28(30(22)37)20-5-7-21(31)8-6-20/h4-13,15-16H,3,14H2,1-2H3,(H,34,37). The van der Waals surface area contributed by atoms with Gasteiger partial charge in [0.1, 0.15) is 11.3 Å². The van der Waals surface area contributed by atoms with Crippen molar-refractivity contribution in [3.05, 3.63) is 117 Å². The van der Waals surface area contributed by atoms with E-state index in [0.29, 0.717) is 33.6 Å². The van der Waals surface area contributed by atoms with E-state index in [0.717, 1.165) is 12.0 Å². The van der Waals surface area contributed by atoms with E-state index < -0.39 is 22.8 Å². The van der Waals surface area contributed by atoms with Crippen LogP contribution in [-0.4, -0.2) is 20.7 Å². The van der Waals surface area contributed by atoms with Gasteiger partial charge < -0.3 is 9.72 Å². The molecule has 0 aliphatic carbocycles. The zero-order valence-corrected chi connectivity index (χ0v) is 20.7. The second-order valence-electron chi connectivity index (χ2n) is 8.88. The lowest BCUT2D eigenvalue weighted by molar-refractivity contribution is 0.0991. The minimum absolute atomic E-state index is 0.0261. The summed E-state index contributed by atoms with van der Waals surface area (Å²) in [5, 5.41) is 0. The van der Waals surface area contributed by atoms with E-state index in [-0.39, 0.29) is 23.3 Å². The summed E-state index contributed by atoms with van der Waals surface area (Å²) in [6.45, 7) is 3.72. The van der Waals surface area contributed by atoms with Crippen LogP contribution in [0.4, 0.5) is 8.78 Å². The Balaban J connectivity index is 1.38. The molecule has 0 amide bonds. The van der Waals surface area contributed by atoms with Gasteiger partial charge in [0.15, 0.2) is 28.5 Å². The Hall–Kier alpha value is -4.72. The average molecular weight is 512 g/mol. The molecular formula is C30H23F2N3O3. The van der Waals surface area contributed by atoms with Gasteiger partial charge in [-0.2, -0.15) is 0 Å². The SMILES string of the molecule is CCc1cnc2c(Oc3ccc(CC(=O)c4c[nH]c(C)c(-c5ccc(F)cc5)c4=O)cc3F)ccnc2c1. The Morgan fingerprint density at radius 3 is 2.50 bits per heavy atom. The van der Waals surface area contributed by atoms with E-state index >= 15 is 0 Å². The van der Waals surface area contributed by atoms with Gasteiger partial charge in [0.05, 0.1) is 11.1 Å². The zero-order valence-electron chi connectivity index (χ0n) is 20.7. The number of halogens is 2. The van der Waals surface area contributed by atoms with Crippen molar-refractivity contribution in [1.29, 1.82) is 0 Å². The number of nitrogens with one attached hydrogen (secondary N) is 1. The van der Waals surface area contributed by atoms with Crippen LogP contribution in [0.5, 0.6) is 11.5 Å². The van der Waals surface area contributed by atoms with Crippen molar-refractivity contribution in [3.8, 4) is 22.6 Å². The van der Waals surface area contributed by atoms with E-state index in [1.54, 1.807) is 31.5 Å². The molecule has 2 aromatic carbocycles. The van der Waals surface area contributed by atoms with Crippen LogP contribution in [0.25, 0.3) is 22.2 Å². The van der Waals surface area contributed by atoms with Crippen LogP contribution in [0, 0.1) is 18.6 Å². The maximum Gasteiger partial charge on any atom is 0.200 e. The zero-order chi connectivity index (χ0) is 26.8. The molecular weight excluding hydrogens is 488 g/mol. The maximum atomic E-state index is 15.0. The van der Waals surface area contributed by atoms with Gasteiger partial charge in [-0.25, -0.2) is 8.78 Å². The van der Waals surface area contributed by atoms with Crippen LogP contribution in [0.1, 0.15) is 34.1 Å². The number of aromatic amines is 1. The number of carbonyl (C=O) groups excluding carboxylic acids is 1. The minimum Gasteiger partial charge on any atom is -0.452 e. The average Bonchev–Trinajstić information content (AvgIpc) is 2.91. The summed E-state index contributed by atoms with van der Waals surface area (Å²) in [5.41, 5.74) is 3.37. The molecule has 0 fully saturated rings. The van der Waals surface area contributed by atoms with Gasteiger partial charge in [0.2, 0.25) is 0 Å². The molecule has 5 aromatic rings. The first kappa shape index (κ1) is 25.0. The van der Waals surface area contributed by atoms with E-state index in [4.69, 9.17) is 4.74 Å². The summed E-state index contributed by atoms with van der Waals surface area (Å²) >= 11 is 0. The predicted molar refractivity (Wildman–Crippen MR) is 141 cm³/mol. The van der Waals surface area contributed by atoms with Gasteiger partial charge in [-0.05, 0) is 60.4 Å². The van der Waals surface area contributed by atoms with Gasteiger partial charge in [-0.1, -0.05) is 25.1 Å². The van der Waals surface area contributed by atoms with E-state index in [9.17, 15) is 18.4 Å². The topological polar surface area (TPSA) is 84.9 Å². The smallest absolute Gasteiger partial charge is 0.200 e. The largest absolute Gasteiger partial charge is 0.452 e. The Kier molecular flexibility index (Phi) is 6.79. The Morgan fingerprint density at radius 1 is 0.974 bits per heavy atom. The quantitative estimate of drug-likeness (QED) is 0.257. The molecule has 1 N–H and O–H groups in total. The molecule has 38 heavy (non-hydrogen) atoms. The number of fused-ring (bicyclic) bond motifs is 1. The molecule has 0 spiro atoms. The molecule has 3 aromatic heterocycles. The molecule has 6 nitrogen and oxygen atoms in total. The second kappa shape index (κ2) is 10.3. The first-order chi connectivity index (χ1) is 18.3. The third-order valence-electron chi connectivity index (χ3n) is 6.30. The summed E-state index contributed by atoms with van der Waals surface area (Å²) < 4.78 is 34.1. The van der Waals surface area contributed by atoms with Crippen LogP contribution in [0.2, 0.25) is 0 Å². The number of rotatable bonds is 7. The number of benzene rings is 2. The summed E-state index contributed by atoms with van der Waals surface area (Å²) in [6.07, 6.45) is 5.28. The fourth-order valence-electron chi connectivity index (χ4n) is 4.25. The first-order valence-corrected chi connectivity index (χ1v) is 12.1. The molecule has 0 radical (unpaired) electrons. The number of ketones is 1. The summed E-state index contributed by atoms with van der Waals surface area (Å²) in [4.78, 5) is 37.8. The lowest BCUT2D eigenvalue weighted by atomic mass is 9.98. The number of hydrogen-bond acceptors (Lipinski definition) is 5. The highest BCUT2D eigenvalue weighted by molar-refractivity contribution is 5.98. The normalized spacial score (nSPS) is 11.1. The number of H-pyrrole nitrogens is 1. The lowest BCUT2D eigenvalue weighted by Crippen LogP contribution is -2.20. The minimum atomic E-state index is -0.657. The van der Waals surface area contributed by atoms with Crippen LogP contribution >= 0.6 is 0 Å². The maximum absolute atomic E-state index is 15.0. The van der Waals surface area contributed by atoms with E-state index in [2.05, 4.69) is 15.0 Å². The third-order valence-corrected chi connectivity index (χ3v) is 6.30. The molecule has 5 rings (SSSR count). The highest BCUT2D eigenvalue weighted by Crippen LogP contribution is 2.30. The highest BCUT2D eigenvalue weighted by atomic mass is 19.1. The molecule has 190 valence electrons. The fourth-order valence-corrected chi connectivity index (χ4v) is 4.25. The number of aromatic nitrogens is 3. The number of carbonyl (C=O) groups is 1. The Labute approximate surface area is 217 Å². The van der Waals surface area contributed by atoms with E-state index in [1.165, 1.54) is 42.6 Å². The molecule has 0 saturated carbocycles. The predicted octanol–water partition coefficient (Wildman–Crippen LogP) is 6.35. The molecule has 3 heterocycles. The molecule has 8 heteroatoms. The molecule has 0 aliphatic rings. The lowest BCUT2D eigenvalue weighted by Gasteiger charge is -2.11. The molecule has 0 atom stereocenters. The summed E-state index contributed by atoms with van der Waals surface area (Å²) in [7, 11) is 0. The van der Waals surface area contributed by atoms with Crippen molar-refractivity contribution in [3.63, 3.8) is 0 Å². The van der Waals surface area contributed by atoms with Crippen molar-refractivity contribution in [2.75, 3.05) is 0 Å². The van der Waals surface area contributed by atoms with Crippen molar-refractivity contribution in [1.82, 2.24) is 15.0 Å². The third kappa shape index (κ3) is 4.93. The molecule has 0 unspecified atom stereocenters. The fraction of sp³-hybridized carbons (Fsp3) is 0.133. The van der Waals surface area contributed by atoms with Gasteiger partial charge >= 0.3 is 0 Å². The number of Topliss-reactive ketones (excluding diaryl/α,β-unsaturated/α-hetero) is 1. The van der Waals surface area contributed by atoms with Crippen LogP contribution in [0.3, 0.4) is 0 Å². The Morgan fingerprint density at radius 2 is 1.76 bits per heavy atom. The van der Waals surface area contributed by atoms with Crippen molar-refractivity contribution in [2.24, 2.45) is 0 Å².